The second-order valence-corrected chi connectivity index (χ2v) is 8.00. The molecule has 1 aromatic carbocycles. The van der Waals surface area contributed by atoms with Crippen LogP contribution in [-0.2, 0) is 9.59 Å². The third-order valence-electron chi connectivity index (χ3n) is 4.92. The summed E-state index contributed by atoms with van der Waals surface area (Å²) < 4.78 is 0. The highest BCUT2D eigenvalue weighted by Gasteiger charge is 2.25. The van der Waals surface area contributed by atoms with Crippen molar-refractivity contribution in [2.75, 3.05) is 30.3 Å². The third-order valence-corrected chi connectivity index (χ3v) is 5.79. The lowest BCUT2D eigenvalue weighted by Gasteiger charge is -2.30. The summed E-state index contributed by atoms with van der Waals surface area (Å²) >= 11 is 1.44. The Balaban J connectivity index is 1.37. The smallest absolute Gasteiger partial charge is 0.248 e. The van der Waals surface area contributed by atoms with E-state index < -0.39 is 5.91 Å². The van der Waals surface area contributed by atoms with Gasteiger partial charge in [-0.25, -0.2) is 4.98 Å². The van der Waals surface area contributed by atoms with Gasteiger partial charge in [0.25, 0.3) is 0 Å². The van der Waals surface area contributed by atoms with E-state index in [0.29, 0.717) is 29.3 Å². The third kappa shape index (κ3) is 6.10. The molecule has 8 nitrogen and oxygen atoms in total. The van der Waals surface area contributed by atoms with Crippen LogP contribution in [0.2, 0.25) is 0 Å². The minimum atomic E-state index is -0.498. The number of thiazole rings is 1. The molecule has 1 fully saturated rings. The Morgan fingerprint density at radius 3 is 2.45 bits per heavy atom. The fraction of sp³-hybridized carbons (Fsp3) is 0.400. The Morgan fingerprint density at radius 1 is 1.17 bits per heavy atom. The van der Waals surface area contributed by atoms with Crippen LogP contribution in [0.15, 0.2) is 29.6 Å². The Morgan fingerprint density at radius 2 is 1.86 bits per heavy atom. The summed E-state index contributed by atoms with van der Waals surface area (Å²) in [5.74, 6) is -0.582. The van der Waals surface area contributed by atoms with Crippen LogP contribution in [0.25, 0.3) is 0 Å². The standard InChI is InChI=1S/C20H25N5O3S/c1-13-12-29-20(22-13)24-19(28)15-6-9-25(10-7-15)11-8-17(26)23-16-4-2-14(3-5-16)18(21)27/h2-5,12,15H,6-11H2,1H3,(H2,21,27)(H,23,26)(H,22,24,28). The van der Waals surface area contributed by atoms with Crippen molar-refractivity contribution in [1.29, 1.82) is 0 Å². The first-order chi connectivity index (χ1) is 13.9. The monoisotopic (exact) mass is 415 g/mol. The number of aromatic nitrogens is 1. The normalized spacial score (nSPS) is 15.1. The highest BCUT2D eigenvalue weighted by molar-refractivity contribution is 7.13. The minimum Gasteiger partial charge on any atom is -0.366 e. The van der Waals surface area contributed by atoms with Crippen LogP contribution in [0.4, 0.5) is 10.8 Å². The van der Waals surface area contributed by atoms with Crippen molar-refractivity contribution in [2.24, 2.45) is 11.7 Å². The van der Waals surface area contributed by atoms with Gasteiger partial charge in [0.1, 0.15) is 0 Å². The molecule has 154 valence electrons. The van der Waals surface area contributed by atoms with Crippen LogP contribution < -0.4 is 16.4 Å². The van der Waals surface area contributed by atoms with E-state index in [1.165, 1.54) is 11.3 Å². The summed E-state index contributed by atoms with van der Waals surface area (Å²) in [5.41, 5.74) is 7.14. The molecule has 1 aromatic heterocycles. The molecule has 0 saturated carbocycles. The Hall–Kier alpha value is -2.78. The lowest BCUT2D eigenvalue weighted by atomic mass is 9.96. The number of primary amides is 1. The molecular weight excluding hydrogens is 390 g/mol. The first kappa shape index (κ1) is 20.9. The lowest BCUT2D eigenvalue weighted by Crippen LogP contribution is -2.39. The number of aryl methyl sites for hydroxylation is 1. The van der Waals surface area contributed by atoms with Crippen molar-refractivity contribution in [2.45, 2.75) is 26.2 Å². The second kappa shape index (κ2) is 9.62. The topological polar surface area (TPSA) is 117 Å². The maximum atomic E-state index is 12.4. The Labute approximate surface area is 173 Å². The van der Waals surface area contributed by atoms with Crippen LogP contribution >= 0.6 is 11.3 Å². The zero-order valence-corrected chi connectivity index (χ0v) is 17.1. The molecule has 0 bridgehead atoms. The maximum absolute atomic E-state index is 12.4. The average molecular weight is 416 g/mol. The molecular formula is C20H25N5O3S. The van der Waals surface area contributed by atoms with Gasteiger partial charge in [-0.05, 0) is 57.1 Å². The summed E-state index contributed by atoms with van der Waals surface area (Å²) in [4.78, 5) is 42.1. The molecule has 9 heteroatoms. The fourth-order valence-electron chi connectivity index (χ4n) is 3.24. The maximum Gasteiger partial charge on any atom is 0.248 e. The number of rotatable bonds is 7. The van der Waals surface area contributed by atoms with Gasteiger partial charge in [-0.15, -0.1) is 11.3 Å². The Kier molecular flexibility index (Phi) is 6.95. The summed E-state index contributed by atoms with van der Waals surface area (Å²) in [6.45, 7) is 4.12. The number of carbonyl (C=O) groups excluding carboxylic acids is 3. The molecule has 0 atom stereocenters. The number of nitrogens with zero attached hydrogens (tertiary/aromatic N) is 2. The van der Waals surface area contributed by atoms with Crippen molar-refractivity contribution in [3.63, 3.8) is 0 Å². The predicted octanol–water partition coefficient (Wildman–Crippen LogP) is 2.23. The van der Waals surface area contributed by atoms with E-state index in [2.05, 4.69) is 20.5 Å². The van der Waals surface area contributed by atoms with Crippen LogP contribution in [-0.4, -0.2) is 47.2 Å². The summed E-state index contributed by atoms with van der Waals surface area (Å²) in [6, 6.07) is 6.49. The Bertz CT molecular complexity index is 872. The van der Waals surface area contributed by atoms with Crippen molar-refractivity contribution in [3.8, 4) is 0 Å². The highest BCUT2D eigenvalue weighted by Crippen LogP contribution is 2.21. The van der Waals surface area contributed by atoms with E-state index in [0.717, 1.165) is 31.6 Å². The molecule has 1 aliphatic rings. The van der Waals surface area contributed by atoms with Crippen molar-refractivity contribution >= 4 is 39.9 Å². The van der Waals surface area contributed by atoms with Gasteiger partial charge in [-0.1, -0.05) is 0 Å². The number of nitrogens with two attached hydrogens (primary N) is 1. The van der Waals surface area contributed by atoms with Crippen molar-refractivity contribution in [3.05, 3.63) is 40.9 Å². The van der Waals surface area contributed by atoms with E-state index in [1.807, 2.05) is 12.3 Å². The molecule has 1 saturated heterocycles. The molecule has 0 unspecified atom stereocenters. The largest absolute Gasteiger partial charge is 0.366 e. The summed E-state index contributed by atoms with van der Waals surface area (Å²) in [6.07, 6.45) is 1.91. The van der Waals surface area contributed by atoms with Gasteiger partial charge in [0, 0.05) is 35.5 Å². The molecule has 1 aliphatic heterocycles. The average Bonchev–Trinajstić information content (AvgIpc) is 3.11. The van der Waals surface area contributed by atoms with Crippen LogP contribution in [0.3, 0.4) is 0 Å². The predicted molar refractivity (Wildman–Crippen MR) is 113 cm³/mol. The number of likely N-dealkylation sites (tertiary alicyclic amines) is 1. The number of amides is 3. The van der Waals surface area contributed by atoms with Gasteiger partial charge in [0.05, 0.1) is 5.69 Å². The van der Waals surface area contributed by atoms with Crippen LogP contribution in [0.1, 0.15) is 35.3 Å². The lowest BCUT2D eigenvalue weighted by molar-refractivity contribution is -0.121. The quantitative estimate of drug-likeness (QED) is 0.641. The van der Waals surface area contributed by atoms with Crippen molar-refractivity contribution in [1.82, 2.24) is 9.88 Å². The van der Waals surface area contributed by atoms with Gasteiger partial charge >= 0.3 is 0 Å². The number of hydrogen-bond donors (Lipinski definition) is 3. The number of piperidine rings is 1. The van der Waals surface area contributed by atoms with Gasteiger partial charge in [-0.2, -0.15) is 0 Å². The summed E-state index contributed by atoms with van der Waals surface area (Å²) in [5, 5.41) is 8.27. The molecule has 0 spiro atoms. The SMILES string of the molecule is Cc1csc(NC(=O)C2CCN(CCC(=O)Nc3ccc(C(N)=O)cc3)CC2)n1. The minimum absolute atomic E-state index is 0.0203. The highest BCUT2D eigenvalue weighted by atomic mass is 32.1. The first-order valence-electron chi connectivity index (χ1n) is 9.56. The molecule has 0 aliphatic carbocycles. The fourth-order valence-corrected chi connectivity index (χ4v) is 3.93. The summed E-state index contributed by atoms with van der Waals surface area (Å²) in [7, 11) is 0. The van der Waals surface area contributed by atoms with Crippen molar-refractivity contribution < 1.29 is 14.4 Å². The van der Waals surface area contributed by atoms with Gasteiger partial charge < -0.3 is 21.3 Å². The van der Waals surface area contributed by atoms with Crippen LogP contribution in [0, 0.1) is 12.8 Å². The van der Waals surface area contributed by atoms with E-state index in [-0.39, 0.29) is 17.7 Å². The molecule has 3 rings (SSSR count). The van der Waals surface area contributed by atoms with E-state index in [4.69, 9.17) is 5.73 Å². The number of benzene rings is 1. The molecule has 0 radical (unpaired) electrons. The van der Waals surface area contributed by atoms with Crippen LogP contribution in [0.5, 0.6) is 0 Å². The van der Waals surface area contributed by atoms with Gasteiger partial charge in [0.2, 0.25) is 17.7 Å². The second-order valence-electron chi connectivity index (χ2n) is 7.14. The number of hydrogen-bond acceptors (Lipinski definition) is 6. The first-order valence-corrected chi connectivity index (χ1v) is 10.4. The zero-order chi connectivity index (χ0) is 20.8. The number of carbonyl (C=O) groups is 3. The van der Waals surface area contributed by atoms with Gasteiger partial charge in [0.15, 0.2) is 5.13 Å². The van der Waals surface area contributed by atoms with E-state index in [1.54, 1.807) is 24.3 Å². The van der Waals surface area contributed by atoms with E-state index in [9.17, 15) is 14.4 Å². The molecule has 2 aromatic rings. The molecule has 2 heterocycles. The number of anilines is 2. The van der Waals surface area contributed by atoms with Gasteiger partial charge in [-0.3, -0.25) is 14.4 Å². The molecule has 29 heavy (non-hydrogen) atoms. The molecule has 4 N–H and O–H groups in total. The molecule has 3 amide bonds. The van der Waals surface area contributed by atoms with E-state index >= 15 is 0 Å². The number of nitrogens with one attached hydrogen (secondary N) is 2. The zero-order valence-electron chi connectivity index (χ0n) is 16.3.